The maximum Gasteiger partial charge on any atom is 0.294 e. The van der Waals surface area contributed by atoms with Crippen molar-refractivity contribution in [2.24, 2.45) is 0 Å². The van der Waals surface area contributed by atoms with Gasteiger partial charge in [-0.2, -0.15) is 0 Å². The summed E-state index contributed by atoms with van der Waals surface area (Å²) in [5, 5.41) is 31.5. The van der Waals surface area contributed by atoms with Gasteiger partial charge >= 0.3 is 0 Å². The summed E-state index contributed by atoms with van der Waals surface area (Å²) in [6.07, 6.45) is 3.23. The summed E-state index contributed by atoms with van der Waals surface area (Å²) in [4.78, 5) is 22.5. The van der Waals surface area contributed by atoms with E-state index in [1.165, 1.54) is 6.08 Å². The number of piperidine rings is 1. The topological polar surface area (TPSA) is 111 Å². The molecule has 100 valence electrons. The van der Waals surface area contributed by atoms with E-state index in [9.17, 15) is 20.2 Å². The van der Waals surface area contributed by atoms with Gasteiger partial charge in [-0.15, -0.1) is 0 Å². The van der Waals surface area contributed by atoms with E-state index >= 15 is 0 Å². The van der Waals surface area contributed by atoms with Gasteiger partial charge in [-0.25, -0.2) is 0 Å². The van der Waals surface area contributed by atoms with Gasteiger partial charge in [0.2, 0.25) is 0 Å². The number of hydrogen-bond acceptors (Lipinski definition) is 5. The molecule has 8 heteroatoms. The Kier molecular flexibility index (Phi) is 3.07. The second-order valence-electron chi connectivity index (χ2n) is 5.20. The van der Waals surface area contributed by atoms with E-state index in [4.69, 9.17) is 5.11 Å². The van der Waals surface area contributed by atoms with Gasteiger partial charge in [0.05, 0.1) is 6.61 Å². The number of hydrogen-bond donors (Lipinski definition) is 2. The highest BCUT2D eigenvalue weighted by Gasteiger charge is 2.64. The van der Waals surface area contributed by atoms with Crippen LogP contribution < -0.4 is 4.90 Å². The number of aliphatic hydroxyl groups excluding tert-OH is 1. The van der Waals surface area contributed by atoms with Gasteiger partial charge in [0.15, 0.2) is 6.54 Å². The highest BCUT2D eigenvalue weighted by Crippen LogP contribution is 2.35. The molecule has 1 heterocycles. The zero-order valence-corrected chi connectivity index (χ0v) is 9.87. The Bertz CT molecular complexity index is 412. The molecule has 1 aliphatic heterocycles. The lowest BCUT2D eigenvalue weighted by atomic mass is 9.72. The number of aliphatic hydroxyl groups is 1. The van der Waals surface area contributed by atoms with Crippen LogP contribution in [-0.4, -0.2) is 52.3 Å². The Labute approximate surface area is 103 Å². The molecule has 2 aliphatic rings. The number of quaternary nitrogens is 1. The van der Waals surface area contributed by atoms with Crippen molar-refractivity contribution in [3.63, 3.8) is 0 Å². The predicted molar refractivity (Wildman–Crippen MR) is 60.5 cm³/mol. The molecular weight excluding hydrogens is 242 g/mol. The smallest absolute Gasteiger partial charge is 0.294 e. The first-order chi connectivity index (χ1) is 8.44. The first-order valence-electron chi connectivity index (χ1n) is 5.85. The van der Waals surface area contributed by atoms with Crippen LogP contribution in [0.1, 0.15) is 12.8 Å². The molecule has 1 saturated heterocycles. The number of likely N-dealkylation sites (tertiary alicyclic amines) is 1. The molecule has 0 aromatic heterocycles. The van der Waals surface area contributed by atoms with E-state index in [1.807, 2.05) is 0 Å². The van der Waals surface area contributed by atoms with Crippen molar-refractivity contribution in [3.8, 4) is 0 Å². The van der Waals surface area contributed by atoms with E-state index in [1.54, 1.807) is 6.08 Å². The number of nitro groups is 2. The molecule has 0 saturated carbocycles. The Morgan fingerprint density at radius 3 is 2.56 bits per heavy atom. The summed E-state index contributed by atoms with van der Waals surface area (Å²) in [5.41, 5.74) is -2.61. The van der Waals surface area contributed by atoms with Crippen LogP contribution in [0, 0.1) is 20.2 Å². The van der Waals surface area contributed by atoms with Crippen LogP contribution in [0.2, 0.25) is 0 Å². The lowest BCUT2D eigenvalue weighted by molar-refractivity contribution is -0.943. The minimum absolute atomic E-state index is 0.0502. The Hall–Kier alpha value is -1.54. The van der Waals surface area contributed by atoms with Crippen LogP contribution in [0.4, 0.5) is 0 Å². The molecule has 2 rings (SSSR count). The minimum atomic E-state index is -1.35. The van der Waals surface area contributed by atoms with Gasteiger partial charge in [0, 0.05) is 16.3 Å². The van der Waals surface area contributed by atoms with E-state index in [2.05, 4.69) is 0 Å². The Balaban J connectivity index is 2.38. The third-order valence-corrected chi connectivity index (χ3v) is 3.91. The van der Waals surface area contributed by atoms with Gasteiger partial charge < -0.3 is 10.0 Å². The molecule has 0 radical (unpaired) electrons. The molecule has 2 bridgehead atoms. The maximum atomic E-state index is 11.3. The fourth-order valence-electron chi connectivity index (χ4n) is 3.14. The monoisotopic (exact) mass is 258 g/mol. The number of nitrogens with one attached hydrogen (secondary N) is 1. The molecule has 0 amide bonds. The summed E-state index contributed by atoms with van der Waals surface area (Å²) < 4.78 is 0. The van der Waals surface area contributed by atoms with Crippen molar-refractivity contribution in [1.29, 1.82) is 0 Å². The molecule has 0 aromatic rings. The standard InChI is InChI=1S/C10H15N3O5/c14-5-4-11-7-9(12(15)16)2-1-3-10(6-9,8-11)13(17)18/h1-2,14H,3-8H2/p+1/t9-,10+/m1/s1. The summed E-state index contributed by atoms with van der Waals surface area (Å²) in [5.74, 6) is 0. The summed E-state index contributed by atoms with van der Waals surface area (Å²) in [7, 11) is 0. The average Bonchev–Trinajstić information content (AvgIpc) is 2.28. The molecule has 1 aliphatic carbocycles. The second-order valence-corrected chi connectivity index (χ2v) is 5.20. The average molecular weight is 258 g/mol. The van der Waals surface area contributed by atoms with Gasteiger partial charge in [-0.3, -0.25) is 20.2 Å². The molecule has 0 aromatic carbocycles. The number of rotatable bonds is 4. The van der Waals surface area contributed by atoms with E-state index in [-0.39, 0.29) is 37.5 Å². The van der Waals surface area contributed by atoms with Crippen LogP contribution in [0.5, 0.6) is 0 Å². The number of nitrogens with zero attached hydrogens (tertiary/aromatic N) is 2. The summed E-state index contributed by atoms with van der Waals surface area (Å²) in [6, 6.07) is 0. The zero-order chi connectivity index (χ0) is 13.4. The molecule has 8 nitrogen and oxygen atoms in total. The van der Waals surface area contributed by atoms with Gasteiger partial charge in [0.1, 0.15) is 19.5 Å². The fraction of sp³-hybridized carbons (Fsp3) is 0.800. The van der Waals surface area contributed by atoms with Crippen molar-refractivity contribution >= 4 is 0 Å². The fourth-order valence-corrected chi connectivity index (χ4v) is 3.14. The van der Waals surface area contributed by atoms with E-state index in [0.717, 1.165) is 4.90 Å². The van der Waals surface area contributed by atoms with Crippen molar-refractivity contribution in [1.82, 2.24) is 0 Å². The van der Waals surface area contributed by atoms with Crippen LogP contribution in [0.25, 0.3) is 0 Å². The van der Waals surface area contributed by atoms with Gasteiger partial charge in [0.25, 0.3) is 11.1 Å². The second kappa shape index (κ2) is 4.29. The van der Waals surface area contributed by atoms with E-state index in [0.29, 0.717) is 6.54 Å². The van der Waals surface area contributed by atoms with Crippen LogP contribution in [0.15, 0.2) is 12.2 Å². The van der Waals surface area contributed by atoms with Gasteiger partial charge in [-0.1, -0.05) is 6.08 Å². The Morgan fingerprint density at radius 1 is 1.28 bits per heavy atom. The highest BCUT2D eigenvalue weighted by molar-refractivity contribution is 5.14. The molecule has 3 atom stereocenters. The summed E-state index contributed by atoms with van der Waals surface area (Å²) in [6.45, 7) is 0.618. The van der Waals surface area contributed by atoms with Crippen molar-refractivity contribution in [2.45, 2.75) is 23.9 Å². The lowest BCUT2D eigenvalue weighted by Gasteiger charge is -2.41. The largest absolute Gasteiger partial charge is 0.391 e. The first kappa shape index (κ1) is 12.9. The lowest BCUT2D eigenvalue weighted by Crippen LogP contribution is -3.18. The SMILES string of the molecule is O=[N+]([O-])[C@@]12C=CC[C@@]([N+](=O)[O-])(C[NH+](CCO)C1)C2. The molecule has 2 N–H and O–H groups in total. The van der Waals surface area contributed by atoms with Crippen molar-refractivity contribution in [2.75, 3.05) is 26.2 Å². The van der Waals surface area contributed by atoms with Gasteiger partial charge in [-0.05, 0) is 6.08 Å². The number of fused-ring (bicyclic) bond motifs is 2. The predicted octanol–water partition coefficient (Wildman–Crippen LogP) is -1.74. The molecule has 1 unspecified atom stereocenters. The van der Waals surface area contributed by atoms with Crippen molar-refractivity contribution in [3.05, 3.63) is 32.4 Å². The third kappa shape index (κ3) is 1.87. The molecule has 1 fully saturated rings. The van der Waals surface area contributed by atoms with Crippen molar-refractivity contribution < 1.29 is 19.9 Å². The van der Waals surface area contributed by atoms with Crippen LogP contribution >= 0.6 is 0 Å². The van der Waals surface area contributed by atoms with Crippen LogP contribution in [0.3, 0.4) is 0 Å². The van der Waals surface area contributed by atoms with Crippen LogP contribution in [-0.2, 0) is 0 Å². The van der Waals surface area contributed by atoms with E-state index < -0.39 is 16.0 Å². The quantitative estimate of drug-likeness (QED) is 0.353. The molecule has 18 heavy (non-hydrogen) atoms. The first-order valence-corrected chi connectivity index (χ1v) is 5.85. The third-order valence-electron chi connectivity index (χ3n) is 3.91. The summed E-state index contributed by atoms with van der Waals surface area (Å²) >= 11 is 0. The highest BCUT2D eigenvalue weighted by atomic mass is 16.6. The Morgan fingerprint density at radius 2 is 2.00 bits per heavy atom. The normalized spacial score (nSPS) is 38.4. The maximum absolute atomic E-state index is 11.3. The molecular formula is C10H16N3O5+. The minimum Gasteiger partial charge on any atom is -0.391 e. The zero-order valence-electron chi connectivity index (χ0n) is 9.87. The molecule has 0 spiro atoms.